The van der Waals surface area contributed by atoms with Gasteiger partial charge in [-0.3, -0.25) is 9.40 Å². The number of hydrogen-bond donors (Lipinski definition) is 2. The van der Waals surface area contributed by atoms with Crippen molar-refractivity contribution in [1.82, 2.24) is 9.78 Å². The fourth-order valence-electron chi connectivity index (χ4n) is 1.65. The molecule has 0 aliphatic heterocycles. The second-order valence-corrected chi connectivity index (χ2v) is 6.30. The average molecular weight is 326 g/mol. The molecule has 21 heavy (non-hydrogen) atoms. The van der Waals surface area contributed by atoms with Gasteiger partial charge in [-0.05, 0) is 18.2 Å². The van der Waals surface area contributed by atoms with E-state index < -0.39 is 10.0 Å². The first-order valence-corrected chi connectivity index (χ1v) is 7.80. The Balaban J connectivity index is 2.27. The van der Waals surface area contributed by atoms with Crippen LogP contribution in [0.3, 0.4) is 0 Å². The Morgan fingerprint density at radius 2 is 2.14 bits per heavy atom. The van der Waals surface area contributed by atoms with E-state index in [-0.39, 0.29) is 16.6 Å². The van der Waals surface area contributed by atoms with Crippen LogP contribution in [-0.4, -0.2) is 29.8 Å². The Morgan fingerprint density at radius 3 is 2.76 bits per heavy atom. The van der Waals surface area contributed by atoms with Crippen LogP contribution in [-0.2, 0) is 17.1 Å². The Labute approximate surface area is 127 Å². The normalized spacial score (nSPS) is 11.1. The van der Waals surface area contributed by atoms with Crippen molar-refractivity contribution in [1.29, 1.82) is 0 Å². The average Bonchev–Trinajstić information content (AvgIpc) is 2.84. The number of anilines is 1. The molecular weight excluding hydrogens is 312 g/mol. The molecule has 2 aromatic rings. The molecule has 0 aliphatic carbocycles. The van der Waals surface area contributed by atoms with Crippen molar-refractivity contribution < 1.29 is 13.2 Å². The number of thiocarbonyl (C=S) groups is 1. The summed E-state index contributed by atoms with van der Waals surface area (Å²) in [6.45, 7) is 0.0276. The second kappa shape index (κ2) is 6.10. The highest BCUT2D eigenvalue weighted by atomic mass is 32.2. The van der Waals surface area contributed by atoms with E-state index in [1.165, 1.54) is 16.9 Å². The largest absolute Gasteiger partial charge is 0.484 e. The Morgan fingerprint density at radius 1 is 1.43 bits per heavy atom. The molecule has 1 aromatic carbocycles. The van der Waals surface area contributed by atoms with Crippen LogP contribution in [0.1, 0.15) is 0 Å². The lowest BCUT2D eigenvalue weighted by Crippen LogP contribution is -2.20. The van der Waals surface area contributed by atoms with Gasteiger partial charge in [0.05, 0.1) is 11.9 Å². The fourth-order valence-corrected chi connectivity index (χ4v) is 2.90. The third-order valence-electron chi connectivity index (χ3n) is 2.55. The summed E-state index contributed by atoms with van der Waals surface area (Å²) in [6, 6.07) is 8.02. The molecule has 0 amide bonds. The quantitative estimate of drug-likeness (QED) is 0.765. The number of aromatic nitrogens is 2. The van der Waals surface area contributed by atoms with E-state index in [4.69, 9.17) is 22.7 Å². The zero-order valence-electron chi connectivity index (χ0n) is 11.2. The van der Waals surface area contributed by atoms with Gasteiger partial charge in [0, 0.05) is 7.05 Å². The van der Waals surface area contributed by atoms with Gasteiger partial charge in [-0.15, -0.1) is 0 Å². The number of rotatable bonds is 6. The number of para-hydroxylation sites is 2. The van der Waals surface area contributed by atoms with Crippen LogP contribution in [0.15, 0.2) is 41.6 Å². The maximum atomic E-state index is 12.3. The fraction of sp³-hybridized carbons (Fsp3) is 0.167. The van der Waals surface area contributed by atoms with Crippen molar-refractivity contribution in [2.24, 2.45) is 12.8 Å². The van der Waals surface area contributed by atoms with Gasteiger partial charge >= 0.3 is 0 Å². The van der Waals surface area contributed by atoms with Crippen LogP contribution in [0.4, 0.5) is 5.69 Å². The minimum absolute atomic E-state index is 0.0276. The van der Waals surface area contributed by atoms with Crippen LogP contribution in [0.5, 0.6) is 5.75 Å². The minimum Gasteiger partial charge on any atom is -0.484 e. The van der Waals surface area contributed by atoms with Crippen molar-refractivity contribution in [2.45, 2.75) is 5.03 Å². The van der Waals surface area contributed by atoms with E-state index in [0.717, 1.165) is 0 Å². The number of benzene rings is 1. The van der Waals surface area contributed by atoms with Crippen molar-refractivity contribution in [3.05, 3.63) is 36.5 Å². The van der Waals surface area contributed by atoms with Crippen LogP contribution in [0.2, 0.25) is 0 Å². The maximum absolute atomic E-state index is 12.3. The van der Waals surface area contributed by atoms with Crippen LogP contribution in [0.25, 0.3) is 0 Å². The number of aryl methyl sites for hydroxylation is 1. The molecule has 0 aliphatic rings. The van der Waals surface area contributed by atoms with Gasteiger partial charge in [0.1, 0.15) is 17.3 Å². The van der Waals surface area contributed by atoms with E-state index >= 15 is 0 Å². The highest BCUT2D eigenvalue weighted by molar-refractivity contribution is 7.92. The minimum atomic E-state index is -3.76. The van der Waals surface area contributed by atoms with Gasteiger partial charge in [0.15, 0.2) is 5.03 Å². The lowest BCUT2D eigenvalue weighted by Gasteiger charge is -2.13. The predicted octanol–water partition coefficient (Wildman–Crippen LogP) is 0.886. The smallest absolute Gasteiger partial charge is 0.279 e. The summed E-state index contributed by atoms with van der Waals surface area (Å²) < 4.78 is 33.7. The highest BCUT2D eigenvalue weighted by Crippen LogP contribution is 2.26. The van der Waals surface area contributed by atoms with E-state index in [2.05, 4.69) is 9.82 Å². The van der Waals surface area contributed by atoms with Gasteiger partial charge < -0.3 is 10.5 Å². The van der Waals surface area contributed by atoms with Crippen molar-refractivity contribution in [3.8, 4) is 5.75 Å². The van der Waals surface area contributed by atoms with Gasteiger partial charge in [-0.2, -0.15) is 13.5 Å². The molecule has 2 rings (SSSR count). The third-order valence-corrected chi connectivity index (χ3v) is 4.11. The molecule has 0 radical (unpaired) electrons. The molecule has 1 heterocycles. The molecule has 0 spiro atoms. The molecule has 0 saturated heterocycles. The second-order valence-electron chi connectivity index (χ2n) is 4.15. The van der Waals surface area contributed by atoms with E-state index in [0.29, 0.717) is 11.4 Å². The van der Waals surface area contributed by atoms with E-state index in [1.54, 1.807) is 31.3 Å². The molecule has 1 aromatic heterocycles. The predicted molar refractivity (Wildman–Crippen MR) is 82.7 cm³/mol. The zero-order valence-corrected chi connectivity index (χ0v) is 12.8. The highest BCUT2D eigenvalue weighted by Gasteiger charge is 2.19. The summed E-state index contributed by atoms with van der Waals surface area (Å²) in [6.07, 6.45) is 1.41. The van der Waals surface area contributed by atoms with E-state index in [9.17, 15) is 8.42 Å². The van der Waals surface area contributed by atoms with Crippen LogP contribution >= 0.6 is 12.2 Å². The standard InChI is InChI=1S/C12H14N4O3S2/c1-16-12(6-7-14-16)21(17,18)15-9-4-2-3-5-10(9)19-8-11(13)20/h2-7,15H,8H2,1H3,(H2,13,20). The number of nitrogens with one attached hydrogen (secondary N) is 1. The summed E-state index contributed by atoms with van der Waals surface area (Å²) in [5.41, 5.74) is 5.67. The van der Waals surface area contributed by atoms with Gasteiger partial charge in [0.25, 0.3) is 10.0 Å². The summed E-state index contributed by atoms with van der Waals surface area (Å²) >= 11 is 4.73. The van der Waals surface area contributed by atoms with Crippen LogP contribution < -0.4 is 15.2 Å². The Kier molecular flexibility index (Phi) is 4.43. The van der Waals surface area contributed by atoms with Gasteiger partial charge in [-0.25, -0.2) is 0 Å². The SMILES string of the molecule is Cn1nccc1S(=O)(=O)Nc1ccccc1OCC(N)=S. The van der Waals surface area contributed by atoms with Gasteiger partial charge in [-0.1, -0.05) is 24.4 Å². The number of hydrogen-bond acceptors (Lipinski definition) is 5. The number of nitrogens with zero attached hydrogens (tertiary/aromatic N) is 2. The molecule has 0 saturated carbocycles. The summed E-state index contributed by atoms with van der Waals surface area (Å²) in [5, 5.41) is 3.89. The van der Waals surface area contributed by atoms with Gasteiger partial charge in [0.2, 0.25) is 0 Å². The molecule has 0 bridgehead atoms. The molecule has 3 N–H and O–H groups in total. The molecule has 0 atom stereocenters. The van der Waals surface area contributed by atoms with Crippen molar-refractivity contribution in [2.75, 3.05) is 11.3 Å². The molecule has 7 nitrogen and oxygen atoms in total. The monoisotopic (exact) mass is 326 g/mol. The first-order valence-electron chi connectivity index (χ1n) is 5.91. The van der Waals surface area contributed by atoms with Crippen molar-refractivity contribution in [3.63, 3.8) is 0 Å². The molecular formula is C12H14N4O3S2. The lowest BCUT2D eigenvalue weighted by atomic mass is 10.3. The first kappa shape index (κ1) is 15.3. The number of sulfonamides is 1. The number of ether oxygens (including phenoxy) is 1. The third kappa shape index (κ3) is 3.70. The van der Waals surface area contributed by atoms with Crippen molar-refractivity contribution >= 4 is 32.9 Å². The summed E-state index contributed by atoms with van der Waals surface area (Å²) in [4.78, 5) is 0.180. The summed E-state index contributed by atoms with van der Waals surface area (Å²) in [7, 11) is -2.21. The summed E-state index contributed by atoms with van der Waals surface area (Å²) in [5.74, 6) is 0.344. The Bertz CT molecular complexity index is 755. The van der Waals surface area contributed by atoms with Crippen LogP contribution in [0, 0.1) is 0 Å². The Hall–Kier alpha value is -2.13. The maximum Gasteiger partial charge on any atom is 0.279 e. The zero-order chi connectivity index (χ0) is 15.5. The first-order chi connectivity index (χ1) is 9.90. The molecule has 9 heteroatoms. The number of nitrogens with two attached hydrogens (primary N) is 1. The molecule has 0 fully saturated rings. The topological polar surface area (TPSA) is 99.2 Å². The van der Waals surface area contributed by atoms with E-state index in [1.807, 2.05) is 0 Å². The molecule has 0 unspecified atom stereocenters. The lowest BCUT2D eigenvalue weighted by molar-refractivity contribution is 0.379. The molecule has 112 valence electrons.